The van der Waals surface area contributed by atoms with Crippen LogP contribution in [-0.4, -0.2) is 50.7 Å². The zero-order valence-electron chi connectivity index (χ0n) is 27.1. The molecular formula is C37H42FN7. The molecule has 4 aromatic heterocycles. The van der Waals surface area contributed by atoms with Crippen LogP contribution in [0.15, 0.2) is 85.9 Å². The molecule has 0 bridgehead atoms. The second-order valence-electron chi connectivity index (χ2n) is 12.8. The monoisotopic (exact) mass is 603 g/mol. The summed E-state index contributed by atoms with van der Waals surface area (Å²) < 4.78 is 14.8. The number of aromatic nitrogens is 5. The molecule has 0 aliphatic rings. The number of hydrogen-bond donors (Lipinski definition) is 3. The van der Waals surface area contributed by atoms with Gasteiger partial charge in [-0.3, -0.25) is 10.1 Å². The van der Waals surface area contributed by atoms with Crippen LogP contribution < -0.4 is 5.32 Å². The van der Waals surface area contributed by atoms with E-state index in [1.807, 2.05) is 45.3 Å². The van der Waals surface area contributed by atoms with E-state index in [1.54, 1.807) is 30.6 Å². The van der Waals surface area contributed by atoms with Crippen LogP contribution in [0.3, 0.4) is 0 Å². The summed E-state index contributed by atoms with van der Waals surface area (Å²) in [5.41, 5.74) is 11.0. The van der Waals surface area contributed by atoms with Crippen molar-refractivity contribution < 1.29 is 4.39 Å². The molecule has 232 valence electrons. The van der Waals surface area contributed by atoms with Crippen LogP contribution in [0, 0.1) is 18.2 Å². The van der Waals surface area contributed by atoms with Gasteiger partial charge in [0.05, 0.1) is 28.8 Å². The molecule has 0 aliphatic carbocycles. The van der Waals surface area contributed by atoms with E-state index < -0.39 is 0 Å². The Morgan fingerprint density at radius 3 is 2.62 bits per heavy atom. The van der Waals surface area contributed by atoms with Crippen molar-refractivity contribution >= 4 is 22.3 Å². The molecule has 0 spiro atoms. The lowest BCUT2D eigenvalue weighted by Gasteiger charge is -2.23. The summed E-state index contributed by atoms with van der Waals surface area (Å²) in [5, 5.41) is 11.1. The minimum Gasteiger partial charge on any atom is -0.358 e. The van der Waals surface area contributed by atoms with Gasteiger partial charge in [-0.1, -0.05) is 52.1 Å². The summed E-state index contributed by atoms with van der Waals surface area (Å²) in [4.78, 5) is 15.1. The first-order valence-electron chi connectivity index (χ1n) is 15.2. The number of rotatable bonds is 11. The predicted molar refractivity (Wildman–Crippen MR) is 184 cm³/mol. The fourth-order valence-corrected chi connectivity index (χ4v) is 5.23. The summed E-state index contributed by atoms with van der Waals surface area (Å²) >= 11 is 0. The molecule has 0 radical (unpaired) electrons. The Hall–Kier alpha value is -4.82. The second-order valence-corrected chi connectivity index (χ2v) is 12.8. The minimum absolute atomic E-state index is 0.0878. The molecule has 0 amide bonds. The summed E-state index contributed by atoms with van der Waals surface area (Å²) in [6.07, 6.45) is 9.01. The molecule has 0 saturated carbocycles. The minimum atomic E-state index is -0.248. The van der Waals surface area contributed by atoms with Crippen molar-refractivity contribution in [3.8, 4) is 22.6 Å². The smallest absolute Gasteiger partial charge is 0.135 e. The number of halogens is 1. The van der Waals surface area contributed by atoms with Gasteiger partial charge in [0, 0.05) is 34.1 Å². The summed E-state index contributed by atoms with van der Waals surface area (Å²) in [5.74, 6) is -0.248. The number of allylic oxidation sites excluding steroid dienone is 3. The second kappa shape index (κ2) is 13.0. The fourth-order valence-electron chi connectivity index (χ4n) is 5.23. The highest BCUT2D eigenvalue weighted by molar-refractivity contribution is 5.92. The first-order chi connectivity index (χ1) is 21.4. The number of benzene rings is 1. The molecule has 4 heterocycles. The van der Waals surface area contributed by atoms with E-state index in [9.17, 15) is 4.39 Å². The zero-order valence-corrected chi connectivity index (χ0v) is 27.1. The van der Waals surface area contributed by atoms with Crippen molar-refractivity contribution in [2.24, 2.45) is 5.41 Å². The molecule has 5 rings (SSSR count). The maximum atomic E-state index is 14.8. The van der Waals surface area contributed by atoms with Crippen LogP contribution in [0.25, 0.3) is 39.3 Å². The highest BCUT2D eigenvalue weighted by atomic mass is 19.1. The van der Waals surface area contributed by atoms with Crippen LogP contribution in [0.1, 0.15) is 49.6 Å². The topological polar surface area (TPSA) is 85.5 Å². The summed E-state index contributed by atoms with van der Waals surface area (Å²) in [6, 6.07) is 13.3. The van der Waals surface area contributed by atoms with Crippen molar-refractivity contribution in [1.29, 1.82) is 0 Å². The quantitative estimate of drug-likeness (QED) is 0.132. The highest BCUT2D eigenvalue weighted by Crippen LogP contribution is 2.34. The maximum absolute atomic E-state index is 14.8. The average Bonchev–Trinajstić information content (AvgIpc) is 3.57. The number of pyridine rings is 2. The highest BCUT2D eigenvalue weighted by Gasteiger charge is 2.19. The molecule has 7 nitrogen and oxygen atoms in total. The molecule has 5 aromatic rings. The molecular weight excluding hydrogens is 561 g/mol. The lowest BCUT2D eigenvalue weighted by atomic mass is 9.93. The standard InChI is InChI=1S/C37H42FN7/c1-9-11-30(26-16-25(17-28(38)18-26)12-10-15-45(7)8)31-20-34(40-23(31)2)36-35-33(43-44-36)14-13-32(42-35)27-19-29(22-39-21-27)41-24(3)37(4,5)6/h9,11,13-14,16-22,40-41H,1,3,10,12,15H2,2,4-8H3,(H,43,44)/b30-11-. The van der Waals surface area contributed by atoms with Gasteiger partial charge >= 0.3 is 0 Å². The molecule has 0 unspecified atom stereocenters. The van der Waals surface area contributed by atoms with Crippen molar-refractivity contribution in [2.45, 2.75) is 40.5 Å². The number of anilines is 1. The van der Waals surface area contributed by atoms with Gasteiger partial charge < -0.3 is 15.2 Å². The Balaban J connectivity index is 1.49. The van der Waals surface area contributed by atoms with E-state index in [4.69, 9.17) is 4.98 Å². The molecule has 8 heteroatoms. The van der Waals surface area contributed by atoms with Gasteiger partial charge in [0.1, 0.15) is 17.0 Å². The molecule has 0 saturated heterocycles. The Labute approximate surface area is 265 Å². The van der Waals surface area contributed by atoms with Crippen LogP contribution >= 0.6 is 0 Å². The van der Waals surface area contributed by atoms with Gasteiger partial charge in [-0.15, -0.1) is 0 Å². The molecule has 45 heavy (non-hydrogen) atoms. The van der Waals surface area contributed by atoms with Gasteiger partial charge in [-0.25, -0.2) is 9.37 Å². The maximum Gasteiger partial charge on any atom is 0.135 e. The van der Waals surface area contributed by atoms with E-state index in [1.165, 1.54) is 0 Å². The third-order valence-electron chi connectivity index (χ3n) is 7.83. The third-order valence-corrected chi connectivity index (χ3v) is 7.83. The van der Waals surface area contributed by atoms with Crippen LogP contribution in [0.5, 0.6) is 0 Å². The lowest BCUT2D eigenvalue weighted by molar-refractivity contribution is 0.400. The number of hydrogen-bond acceptors (Lipinski definition) is 5. The SMILES string of the molecule is C=C/C=C(/c1cc(F)cc(CCCN(C)C)c1)c1cc(-c2n[nH]c3ccc(-c4cncc(NC(=C)C(C)(C)C)c4)nc23)[nH]c1C. The van der Waals surface area contributed by atoms with Crippen molar-refractivity contribution in [1.82, 2.24) is 30.0 Å². The largest absolute Gasteiger partial charge is 0.358 e. The Morgan fingerprint density at radius 1 is 1.09 bits per heavy atom. The van der Waals surface area contributed by atoms with Gasteiger partial charge in [0.15, 0.2) is 0 Å². The number of aryl methyl sites for hydroxylation is 2. The van der Waals surface area contributed by atoms with E-state index in [-0.39, 0.29) is 11.2 Å². The average molecular weight is 604 g/mol. The molecule has 0 fully saturated rings. The molecule has 0 atom stereocenters. The first kappa shape index (κ1) is 31.6. The van der Waals surface area contributed by atoms with Crippen molar-refractivity contribution in [3.05, 3.63) is 114 Å². The van der Waals surface area contributed by atoms with Gasteiger partial charge in [0.25, 0.3) is 0 Å². The number of H-pyrrole nitrogens is 2. The normalized spacial score (nSPS) is 12.2. The van der Waals surface area contributed by atoms with Crippen LogP contribution in [0.2, 0.25) is 0 Å². The number of fused-ring (bicyclic) bond motifs is 1. The summed E-state index contributed by atoms with van der Waals surface area (Å²) in [7, 11) is 4.09. The molecule has 3 N–H and O–H groups in total. The Bertz CT molecular complexity index is 1880. The third kappa shape index (κ3) is 7.29. The number of nitrogens with zero attached hydrogens (tertiary/aromatic N) is 4. The van der Waals surface area contributed by atoms with Crippen molar-refractivity contribution in [3.63, 3.8) is 0 Å². The Morgan fingerprint density at radius 2 is 1.89 bits per heavy atom. The van der Waals surface area contributed by atoms with Gasteiger partial charge in [0.2, 0.25) is 0 Å². The van der Waals surface area contributed by atoms with Crippen LogP contribution in [-0.2, 0) is 6.42 Å². The van der Waals surface area contributed by atoms with Gasteiger partial charge in [-0.2, -0.15) is 5.10 Å². The first-order valence-corrected chi connectivity index (χ1v) is 15.2. The van der Waals surface area contributed by atoms with E-state index in [2.05, 4.69) is 76.4 Å². The Kier molecular flexibility index (Phi) is 9.16. The zero-order chi connectivity index (χ0) is 32.3. The van der Waals surface area contributed by atoms with Crippen LogP contribution in [0.4, 0.5) is 10.1 Å². The van der Waals surface area contributed by atoms with E-state index >= 15 is 0 Å². The lowest BCUT2D eigenvalue weighted by Crippen LogP contribution is -2.15. The number of nitrogens with one attached hydrogen (secondary N) is 3. The predicted octanol–water partition coefficient (Wildman–Crippen LogP) is 8.55. The van der Waals surface area contributed by atoms with Crippen molar-refractivity contribution in [2.75, 3.05) is 26.0 Å². The van der Waals surface area contributed by atoms with E-state index in [0.717, 1.165) is 86.7 Å². The molecule has 1 aromatic carbocycles. The number of aromatic amines is 2. The van der Waals surface area contributed by atoms with E-state index in [0.29, 0.717) is 5.69 Å². The summed E-state index contributed by atoms with van der Waals surface area (Å²) in [6.45, 7) is 17.4. The fraction of sp³-hybridized carbons (Fsp3) is 0.270. The molecule has 0 aliphatic heterocycles. The van der Waals surface area contributed by atoms with Gasteiger partial charge in [-0.05, 0) is 93.5 Å².